The van der Waals surface area contributed by atoms with Crippen LogP contribution in [-0.4, -0.2) is 57.8 Å². The highest BCUT2D eigenvalue weighted by Gasteiger charge is 2.26. The van der Waals surface area contributed by atoms with Gasteiger partial charge >= 0.3 is 0 Å². The third-order valence-corrected chi connectivity index (χ3v) is 7.10. The Kier molecular flexibility index (Phi) is 6.88. The molecule has 0 unspecified atom stereocenters. The molecule has 0 aliphatic carbocycles. The zero-order chi connectivity index (χ0) is 24.2. The zero-order valence-electron chi connectivity index (χ0n) is 20.2. The molecule has 35 heavy (non-hydrogen) atoms. The summed E-state index contributed by atoms with van der Waals surface area (Å²) in [6.07, 6.45) is 9.55. The molecule has 0 bridgehead atoms. The van der Waals surface area contributed by atoms with Crippen LogP contribution in [0.15, 0.2) is 48.9 Å². The molecule has 182 valence electrons. The van der Waals surface area contributed by atoms with Crippen LogP contribution in [0.2, 0.25) is 0 Å². The second kappa shape index (κ2) is 10.4. The molecular weight excluding hydrogens is 440 g/mol. The molecule has 2 aliphatic heterocycles. The fraction of sp³-hybridized carbons (Fsp3) is 0.444. The first kappa shape index (κ1) is 23.2. The molecule has 5 rings (SSSR count). The van der Waals surface area contributed by atoms with E-state index in [1.54, 1.807) is 18.6 Å². The van der Waals surface area contributed by atoms with Gasteiger partial charge in [0.25, 0.3) is 5.91 Å². The van der Waals surface area contributed by atoms with Crippen LogP contribution in [0.1, 0.15) is 49.4 Å². The Morgan fingerprint density at radius 2 is 1.74 bits per heavy atom. The predicted octanol–water partition coefficient (Wildman–Crippen LogP) is 4.14. The fourth-order valence-corrected chi connectivity index (χ4v) is 5.16. The summed E-state index contributed by atoms with van der Waals surface area (Å²) < 4.78 is 0. The number of anilines is 2. The average molecular weight is 473 g/mol. The molecule has 1 N–H and O–H groups in total. The Morgan fingerprint density at radius 1 is 0.943 bits per heavy atom. The summed E-state index contributed by atoms with van der Waals surface area (Å²) >= 11 is 0. The third-order valence-electron chi connectivity index (χ3n) is 7.10. The molecule has 2 saturated heterocycles. The van der Waals surface area contributed by atoms with E-state index in [-0.39, 0.29) is 17.7 Å². The SMILES string of the molecule is C[C@@H]1CCCN(c2cc(C(=O)N3CCC(CC(=O)Nc4ccc5nccnc5c4)CC3)ccn2)C1. The van der Waals surface area contributed by atoms with Crippen LogP contribution in [0.3, 0.4) is 0 Å². The van der Waals surface area contributed by atoms with E-state index in [4.69, 9.17) is 0 Å². The molecular formula is C27H32N6O2. The Balaban J connectivity index is 1.13. The van der Waals surface area contributed by atoms with Gasteiger partial charge in [0, 0.05) is 62.4 Å². The van der Waals surface area contributed by atoms with Crippen LogP contribution in [-0.2, 0) is 4.79 Å². The molecule has 2 fully saturated rings. The summed E-state index contributed by atoms with van der Waals surface area (Å²) in [6, 6.07) is 9.30. The Morgan fingerprint density at radius 3 is 2.54 bits per heavy atom. The number of benzene rings is 1. The van der Waals surface area contributed by atoms with Crippen LogP contribution in [0.25, 0.3) is 11.0 Å². The van der Waals surface area contributed by atoms with Gasteiger partial charge in [0.1, 0.15) is 5.82 Å². The van der Waals surface area contributed by atoms with Crippen molar-refractivity contribution in [1.29, 1.82) is 0 Å². The molecule has 0 saturated carbocycles. The predicted molar refractivity (Wildman–Crippen MR) is 136 cm³/mol. The van der Waals surface area contributed by atoms with Crippen molar-refractivity contribution in [2.45, 2.75) is 39.0 Å². The molecule has 4 heterocycles. The van der Waals surface area contributed by atoms with E-state index < -0.39 is 0 Å². The van der Waals surface area contributed by atoms with E-state index in [1.165, 1.54) is 6.42 Å². The molecule has 2 aromatic heterocycles. The van der Waals surface area contributed by atoms with E-state index in [1.807, 2.05) is 35.2 Å². The van der Waals surface area contributed by atoms with Crippen LogP contribution in [0.4, 0.5) is 11.5 Å². The Hall–Kier alpha value is -3.55. The lowest BCUT2D eigenvalue weighted by Gasteiger charge is -2.33. The van der Waals surface area contributed by atoms with Crippen molar-refractivity contribution in [2.75, 3.05) is 36.4 Å². The first-order chi connectivity index (χ1) is 17.0. The van der Waals surface area contributed by atoms with Gasteiger partial charge in [-0.15, -0.1) is 0 Å². The van der Waals surface area contributed by atoms with Gasteiger partial charge < -0.3 is 15.1 Å². The smallest absolute Gasteiger partial charge is 0.254 e. The highest BCUT2D eigenvalue weighted by molar-refractivity contribution is 5.95. The molecule has 2 aliphatic rings. The van der Waals surface area contributed by atoms with E-state index in [2.05, 4.69) is 32.1 Å². The van der Waals surface area contributed by atoms with Crippen molar-refractivity contribution in [1.82, 2.24) is 19.9 Å². The van der Waals surface area contributed by atoms with Gasteiger partial charge in [0.15, 0.2) is 0 Å². The molecule has 1 aromatic carbocycles. The average Bonchev–Trinajstić information content (AvgIpc) is 2.89. The lowest BCUT2D eigenvalue weighted by Crippen LogP contribution is -2.39. The molecule has 3 aromatic rings. The highest BCUT2D eigenvalue weighted by atomic mass is 16.2. The van der Waals surface area contributed by atoms with Crippen molar-refractivity contribution in [3.05, 3.63) is 54.5 Å². The highest BCUT2D eigenvalue weighted by Crippen LogP contribution is 2.25. The number of hydrogen-bond acceptors (Lipinski definition) is 6. The second-order valence-electron chi connectivity index (χ2n) is 9.84. The number of carbonyl (C=O) groups excluding carboxylic acids is 2. The summed E-state index contributed by atoms with van der Waals surface area (Å²) in [6.45, 7) is 5.59. The summed E-state index contributed by atoms with van der Waals surface area (Å²) in [7, 11) is 0. The number of carbonyl (C=O) groups is 2. The van der Waals surface area contributed by atoms with Crippen molar-refractivity contribution in [3.63, 3.8) is 0 Å². The monoisotopic (exact) mass is 472 g/mol. The number of likely N-dealkylation sites (tertiary alicyclic amines) is 1. The molecule has 1 atom stereocenters. The van der Waals surface area contributed by atoms with Gasteiger partial charge in [-0.1, -0.05) is 6.92 Å². The molecule has 0 radical (unpaired) electrons. The summed E-state index contributed by atoms with van der Waals surface area (Å²) in [5.41, 5.74) is 2.98. The molecule has 8 nitrogen and oxygen atoms in total. The van der Waals surface area contributed by atoms with Crippen LogP contribution in [0.5, 0.6) is 0 Å². The minimum atomic E-state index is -0.00690. The molecule has 8 heteroatoms. The molecule has 2 amide bonds. The number of fused-ring (bicyclic) bond motifs is 1. The van der Waals surface area contributed by atoms with Crippen molar-refractivity contribution in [3.8, 4) is 0 Å². The van der Waals surface area contributed by atoms with Gasteiger partial charge in [-0.2, -0.15) is 0 Å². The van der Waals surface area contributed by atoms with Crippen LogP contribution in [0, 0.1) is 11.8 Å². The van der Waals surface area contributed by atoms with E-state index in [0.29, 0.717) is 31.0 Å². The molecule has 0 spiro atoms. The van der Waals surface area contributed by atoms with Gasteiger partial charge in [-0.25, -0.2) is 4.98 Å². The van der Waals surface area contributed by atoms with Crippen molar-refractivity contribution < 1.29 is 9.59 Å². The second-order valence-corrected chi connectivity index (χ2v) is 9.84. The summed E-state index contributed by atoms with van der Waals surface area (Å²) in [5.74, 6) is 1.86. The normalized spacial score (nSPS) is 19.1. The van der Waals surface area contributed by atoms with Gasteiger partial charge in [-0.05, 0) is 67.9 Å². The van der Waals surface area contributed by atoms with E-state index in [9.17, 15) is 9.59 Å². The maximum Gasteiger partial charge on any atom is 0.254 e. The quantitative estimate of drug-likeness (QED) is 0.600. The van der Waals surface area contributed by atoms with Crippen LogP contribution < -0.4 is 10.2 Å². The number of amides is 2. The summed E-state index contributed by atoms with van der Waals surface area (Å²) in [5, 5.41) is 2.98. The minimum absolute atomic E-state index is 0.00690. The summed E-state index contributed by atoms with van der Waals surface area (Å²) in [4.78, 5) is 43.1. The zero-order valence-corrected chi connectivity index (χ0v) is 20.2. The number of piperidine rings is 2. The van der Waals surface area contributed by atoms with Gasteiger partial charge in [0.05, 0.1) is 11.0 Å². The minimum Gasteiger partial charge on any atom is -0.356 e. The number of aromatic nitrogens is 3. The first-order valence-electron chi connectivity index (χ1n) is 12.6. The van der Waals surface area contributed by atoms with Gasteiger partial charge in [-0.3, -0.25) is 19.6 Å². The topological polar surface area (TPSA) is 91.3 Å². The number of rotatable bonds is 5. The van der Waals surface area contributed by atoms with Gasteiger partial charge in [0.2, 0.25) is 5.91 Å². The van der Waals surface area contributed by atoms with Crippen LogP contribution >= 0.6 is 0 Å². The van der Waals surface area contributed by atoms with Crippen molar-refractivity contribution in [2.24, 2.45) is 11.8 Å². The fourth-order valence-electron chi connectivity index (χ4n) is 5.16. The standard InChI is InChI=1S/C27H32N6O2/c1-19-3-2-12-33(18-19)25-16-21(6-9-30-25)27(35)32-13-7-20(8-14-32)15-26(34)31-22-4-5-23-24(17-22)29-11-10-28-23/h4-6,9-11,16-17,19-20H,2-3,7-8,12-15,18H2,1H3,(H,31,34)/t19-/m1/s1. The first-order valence-corrected chi connectivity index (χ1v) is 12.6. The lowest BCUT2D eigenvalue weighted by molar-refractivity contribution is -0.117. The third kappa shape index (κ3) is 5.58. The van der Waals surface area contributed by atoms with Crippen molar-refractivity contribution >= 4 is 34.4 Å². The number of pyridine rings is 1. The maximum atomic E-state index is 13.2. The largest absolute Gasteiger partial charge is 0.356 e. The van der Waals surface area contributed by atoms with E-state index in [0.717, 1.165) is 54.9 Å². The number of nitrogens with one attached hydrogen (secondary N) is 1. The maximum absolute atomic E-state index is 13.2. The number of nitrogens with zero attached hydrogens (tertiary/aromatic N) is 5. The Bertz CT molecular complexity index is 1210. The van der Waals surface area contributed by atoms with E-state index >= 15 is 0 Å². The Labute approximate surface area is 205 Å². The lowest BCUT2D eigenvalue weighted by atomic mass is 9.93. The number of hydrogen-bond donors (Lipinski definition) is 1.